The number of amides is 2. The van der Waals surface area contributed by atoms with Crippen molar-refractivity contribution in [1.82, 2.24) is 15.2 Å². The van der Waals surface area contributed by atoms with E-state index >= 15 is 0 Å². The number of halogens is 2. The number of sulfonamides is 1. The molecule has 3 rings (SSSR count). The summed E-state index contributed by atoms with van der Waals surface area (Å²) >= 11 is 0. The van der Waals surface area contributed by atoms with Crippen molar-refractivity contribution in [3.63, 3.8) is 0 Å². The molecule has 2 N–H and O–H groups in total. The minimum Gasteiger partial charge on any atom is -0.301 e. The van der Waals surface area contributed by atoms with E-state index in [9.17, 15) is 32.1 Å². The van der Waals surface area contributed by atoms with Crippen LogP contribution in [0.2, 0.25) is 0 Å². The van der Waals surface area contributed by atoms with Crippen LogP contribution in [0.5, 0.6) is 0 Å². The van der Waals surface area contributed by atoms with Crippen molar-refractivity contribution in [3.05, 3.63) is 82.1 Å². The average Bonchev–Trinajstić information content (AvgIpc) is 3.11. The highest BCUT2D eigenvalue weighted by atomic mass is 32.2. The van der Waals surface area contributed by atoms with Gasteiger partial charge in [-0.15, -0.1) is 0 Å². The largest absolute Gasteiger partial charge is 0.350 e. The summed E-state index contributed by atoms with van der Waals surface area (Å²) in [5, 5.41) is 11.6. The molecule has 12 heteroatoms. The van der Waals surface area contributed by atoms with Crippen molar-refractivity contribution in [3.8, 4) is 0 Å². The van der Waals surface area contributed by atoms with E-state index in [2.05, 4.69) is 5.43 Å². The minimum atomic E-state index is -4.83. The van der Waals surface area contributed by atoms with E-state index in [1.54, 1.807) is 4.72 Å². The maximum atomic E-state index is 13.8. The molecule has 1 heterocycles. The number of nitro benzene ring substituents is 1. The van der Waals surface area contributed by atoms with Gasteiger partial charge in [-0.3, -0.25) is 10.1 Å². The lowest BCUT2D eigenvalue weighted by atomic mass is 10.1. The number of benzene rings is 2. The van der Waals surface area contributed by atoms with Gasteiger partial charge in [0.1, 0.15) is 11.6 Å². The van der Waals surface area contributed by atoms with Crippen LogP contribution in [-0.4, -0.2) is 24.4 Å². The van der Waals surface area contributed by atoms with Gasteiger partial charge in [-0.2, -0.15) is 0 Å². The molecule has 2 aromatic carbocycles. The van der Waals surface area contributed by atoms with Gasteiger partial charge in [0.25, 0.3) is 15.7 Å². The smallest absolute Gasteiger partial charge is 0.301 e. The lowest BCUT2D eigenvalue weighted by Gasteiger charge is -2.24. The predicted octanol–water partition coefficient (Wildman–Crippen LogP) is 2.35. The SMILES string of the molecule is O=C(NS(=O)(=O)c1c(F)cccc1F)N1NC=CC1c1ccc([N+](=O)[O-])cc1. The first-order chi connectivity index (χ1) is 13.2. The first-order valence-electron chi connectivity index (χ1n) is 7.68. The van der Waals surface area contributed by atoms with Gasteiger partial charge in [-0.05, 0) is 35.9 Å². The summed E-state index contributed by atoms with van der Waals surface area (Å²) < 4.78 is 53.6. The van der Waals surface area contributed by atoms with Crippen LogP contribution in [0.4, 0.5) is 19.3 Å². The van der Waals surface area contributed by atoms with Crippen LogP contribution < -0.4 is 10.1 Å². The second kappa shape index (κ2) is 7.23. The molecule has 9 nitrogen and oxygen atoms in total. The van der Waals surface area contributed by atoms with E-state index in [-0.39, 0.29) is 5.69 Å². The van der Waals surface area contributed by atoms with E-state index in [0.717, 1.165) is 23.2 Å². The molecular formula is C16H12F2N4O5S. The molecule has 0 saturated carbocycles. The molecule has 28 heavy (non-hydrogen) atoms. The molecule has 146 valence electrons. The molecule has 0 fully saturated rings. The number of urea groups is 1. The summed E-state index contributed by atoms with van der Waals surface area (Å²) in [5.41, 5.74) is 2.78. The van der Waals surface area contributed by atoms with Crippen LogP contribution in [0.25, 0.3) is 0 Å². The quantitative estimate of drug-likeness (QED) is 0.589. The summed E-state index contributed by atoms with van der Waals surface area (Å²) in [6.07, 6.45) is 2.85. The first-order valence-corrected chi connectivity index (χ1v) is 9.16. The maximum Gasteiger partial charge on any atom is 0.350 e. The summed E-state index contributed by atoms with van der Waals surface area (Å²) in [5.74, 6) is -2.69. The first kappa shape index (κ1) is 19.2. The fourth-order valence-electron chi connectivity index (χ4n) is 2.57. The average molecular weight is 410 g/mol. The minimum absolute atomic E-state index is 0.160. The Morgan fingerprint density at radius 2 is 1.75 bits per heavy atom. The number of hydrogen-bond donors (Lipinski definition) is 2. The van der Waals surface area contributed by atoms with Crippen LogP contribution in [0.1, 0.15) is 11.6 Å². The Morgan fingerprint density at radius 1 is 1.14 bits per heavy atom. The van der Waals surface area contributed by atoms with Crippen LogP contribution >= 0.6 is 0 Å². The molecular weight excluding hydrogens is 398 g/mol. The van der Waals surface area contributed by atoms with Crippen LogP contribution in [0.15, 0.2) is 59.6 Å². The Bertz CT molecular complexity index is 1050. The zero-order valence-electron chi connectivity index (χ0n) is 13.9. The number of carbonyl (C=O) groups excluding carboxylic acids is 1. The Kier molecular flexibility index (Phi) is 4.96. The number of non-ortho nitro benzene ring substituents is 1. The number of rotatable bonds is 4. The molecule has 1 aliphatic rings. The van der Waals surface area contributed by atoms with Gasteiger partial charge in [-0.25, -0.2) is 31.7 Å². The molecule has 1 aliphatic heterocycles. The third-order valence-corrected chi connectivity index (χ3v) is 5.21. The standard InChI is InChI=1S/C16H12F2N4O5S/c17-12-2-1-3-13(18)15(12)28(26,27)20-16(23)21-14(8-9-19-21)10-4-6-11(7-5-10)22(24)25/h1-9,14,19H,(H,20,23). The molecule has 2 amide bonds. The normalized spacial score (nSPS) is 15.9. The molecule has 0 aromatic heterocycles. The van der Waals surface area contributed by atoms with Gasteiger partial charge < -0.3 is 5.43 Å². The second-order valence-corrected chi connectivity index (χ2v) is 7.23. The van der Waals surface area contributed by atoms with Gasteiger partial charge in [0.05, 0.1) is 11.0 Å². The number of hydrazine groups is 1. The highest BCUT2D eigenvalue weighted by Gasteiger charge is 2.32. The van der Waals surface area contributed by atoms with Crippen molar-refractivity contribution >= 4 is 21.7 Å². The van der Waals surface area contributed by atoms with Gasteiger partial charge in [0.15, 0.2) is 4.90 Å². The summed E-state index contributed by atoms with van der Waals surface area (Å²) in [4.78, 5) is 21.3. The van der Waals surface area contributed by atoms with Crippen molar-refractivity contribution in [2.75, 3.05) is 0 Å². The van der Waals surface area contributed by atoms with Crippen molar-refractivity contribution in [1.29, 1.82) is 0 Å². The molecule has 0 radical (unpaired) electrons. The van der Waals surface area contributed by atoms with Crippen molar-refractivity contribution in [2.45, 2.75) is 10.9 Å². The molecule has 0 saturated heterocycles. The van der Waals surface area contributed by atoms with Gasteiger partial charge in [-0.1, -0.05) is 6.07 Å². The lowest BCUT2D eigenvalue weighted by Crippen LogP contribution is -2.47. The molecule has 2 aromatic rings. The monoisotopic (exact) mass is 410 g/mol. The topological polar surface area (TPSA) is 122 Å². The highest BCUT2D eigenvalue weighted by Crippen LogP contribution is 2.26. The highest BCUT2D eigenvalue weighted by molar-refractivity contribution is 7.90. The third-order valence-electron chi connectivity index (χ3n) is 3.84. The summed E-state index contributed by atoms with van der Waals surface area (Å²) in [6.45, 7) is 0. The van der Waals surface area contributed by atoms with E-state index in [4.69, 9.17) is 0 Å². The molecule has 0 spiro atoms. The summed E-state index contributed by atoms with van der Waals surface area (Å²) in [6, 6.07) is 5.72. The molecule has 1 atom stereocenters. The predicted molar refractivity (Wildman–Crippen MR) is 92.0 cm³/mol. The van der Waals surface area contributed by atoms with Gasteiger partial charge in [0.2, 0.25) is 0 Å². The van der Waals surface area contributed by atoms with Gasteiger partial charge >= 0.3 is 6.03 Å². The van der Waals surface area contributed by atoms with E-state index in [1.165, 1.54) is 36.5 Å². The zero-order chi connectivity index (χ0) is 20.5. The van der Waals surface area contributed by atoms with Crippen molar-refractivity contribution in [2.24, 2.45) is 0 Å². The van der Waals surface area contributed by atoms with Crippen molar-refractivity contribution < 1.29 is 26.9 Å². The second-order valence-electron chi connectivity index (χ2n) is 5.61. The Hall–Kier alpha value is -3.54. The van der Waals surface area contributed by atoms with Crippen LogP contribution in [-0.2, 0) is 10.0 Å². The molecule has 0 bridgehead atoms. The molecule has 0 aliphatic carbocycles. The van der Waals surface area contributed by atoms with E-state index < -0.39 is 43.5 Å². The number of carbonyl (C=O) groups is 1. The Balaban J connectivity index is 1.83. The number of nitrogens with zero attached hydrogens (tertiary/aromatic N) is 2. The van der Waals surface area contributed by atoms with E-state index in [0.29, 0.717) is 5.56 Å². The van der Waals surface area contributed by atoms with Crippen LogP contribution in [0, 0.1) is 21.7 Å². The number of nitro groups is 1. The van der Waals surface area contributed by atoms with E-state index in [1.807, 2.05) is 0 Å². The third kappa shape index (κ3) is 3.62. The summed E-state index contributed by atoms with van der Waals surface area (Å²) in [7, 11) is -4.83. The fraction of sp³-hybridized carbons (Fsp3) is 0.0625. The molecule has 1 unspecified atom stereocenters. The van der Waals surface area contributed by atoms with Gasteiger partial charge in [0, 0.05) is 18.3 Å². The zero-order valence-corrected chi connectivity index (χ0v) is 14.7. The Labute approximate surface area is 157 Å². The Morgan fingerprint density at radius 3 is 2.32 bits per heavy atom. The lowest BCUT2D eigenvalue weighted by molar-refractivity contribution is -0.384. The maximum absolute atomic E-state index is 13.8. The number of nitrogens with one attached hydrogen (secondary N) is 2. The fourth-order valence-corrected chi connectivity index (χ4v) is 3.65. The van der Waals surface area contributed by atoms with Crippen LogP contribution in [0.3, 0.4) is 0 Å². The number of hydrogen-bond acceptors (Lipinski definition) is 6.